The lowest BCUT2D eigenvalue weighted by Gasteiger charge is -2.28. The number of fused-ring (bicyclic) bond motifs is 1. The molecule has 3 aromatic rings. The maximum Gasteiger partial charge on any atom is 0.244 e. The van der Waals surface area contributed by atoms with E-state index in [-0.39, 0.29) is 18.4 Å². The van der Waals surface area contributed by atoms with Crippen LogP contribution in [-0.4, -0.2) is 33.7 Å². The Kier molecular flexibility index (Phi) is 4.68. The highest BCUT2D eigenvalue weighted by atomic mass is 32.2. The molecule has 1 aliphatic heterocycles. The minimum absolute atomic E-state index is 0.00579. The fraction of sp³-hybridized carbons (Fsp3) is 0.111. The standard InChI is InChI=1S/C18H14N4O2S2/c23-17(9-22-15-3-1-2-4-16(15)25-11-18(22)24)19-13-7-5-12(6-8-13)14-10-26-21-20-14/h1-8,10H,9,11H2,(H,19,23). The van der Waals surface area contributed by atoms with Crippen LogP contribution in [0.5, 0.6) is 0 Å². The van der Waals surface area contributed by atoms with Crippen LogP contribution in [0.3, 0.4) is 0 Å². The number of hydrogen-bond acceptors (Lipinski definition) is 6. The van der Waals surface area contributed by atoms with Gasteiger partial charge in [0.15, 0.2) is 0 Å². The molecule has 1 aromatic heterocycles. The van der Waals surface area contributed by atoms with Crippen LogP contribution in [-0.2, 0) is 9.59 Å². The Balaban J connectivity index is 1.45. The summed E-state index contributed by atoms with van der Waals surface area (Å²) in [4.78, 5) is 27.2. The quantitative estimate of drug-likeness (QED) is 0.749. The molecule has 130 valence electrons. The molecule has 8 heteroatoms. The second-order valence-corrected chi connectivity index (χ2v) is 7.28. The molecule has 0 spiro atoms. The summed E-state index contributed by atoms with van der Waals surface area (Å²) in [5.41, 5.74) is 3.21. The molecule has 2 heterocycles. The molecular formula is C18H14N4O2S2. The van der Waals surface area contributed by atoms with Crippen LogP contribution in [0.4, 0.5) is 11.4 Å². The summed E-state index contributed by atoms with van der Waals surface area (Å²) in [6, 6.07) is 15.0. The highest BCUT2D eigenvalue weighted by Gasteiger charge is 2.26. The van der Waals surface area contributed by atoms with Gasteiger partial charge in [0.25, 0.3) is 0 Å². The number of amides is 2. The van der Waals surface area contributed by atoms with Crippen molar-refractivity contribution in [2.45, 2.75) is 4.90 Å². The fourth-order valence-electron chi connectivity index (χ4n) is 2.69. The lowest BCUT2D eigenvalue weighted by molar-refractivity contribution is -0.120. The molecule has 0 aliphatic carbocycles. The SMILES string of the molecule is O=C(CN1C(=O)CSc2ccccc21)Nc1ccc(-c2csnn2)cc1. The number of carbonyl (C=O) groups excluding carboxylic acids is 2. The minimum Gasteiger partial charge on any atom is -0.325 e. The Hall–Kier alpha value is -2.71. The Bertz CT molecular complexity index is 942. The van der Waals surface area contributed by atoms with Crippen molar-refractivity contribution >= 4 is 46.5 Å². The van der Waals surface area contributed by atoms with Crippen LogP contribution < -0.4 is 10.2 Å². The summed E-state index contributed by atoms with van der Waals surface area (Å²) in [5.74, 6) is 0.0547. The van der Waals surface area contributed by atoms with Crippen molar-refractivity contribution in [3.8, 4) is 11.3 Å². The van der Waals surface area contributed by atoms with Gasteiger partial charge >= 0.3 is 0 Å². The van der Waals surface area contributed by atoms with Crippen molar-refractivity contribution < 1.29 is 9.59 Å². The van der Waals surface area contributed by atoms with Gasteiger partial charge in [0.2, 0.25) is 11.8 Å². The second-order valence-electron chi connectivity index (χ2n) is 5.65. The van der Waals surface area contributed by atoms with E-state index in [2.05, 4.69) is 14.9 Å². The van der Waals surface area contributed by atoms with E-state index in [0.717, 1.165) is 21.8 Å². The predicted octanol–water partition coefficient (Wildman–Crippen LogP) is 3.28. The number of aromatic nitrogens is 2. The van der Waals surface area contributed by atoms with Crippen molar-refractivity contribution in [3.05, 3.63) is 53.9 Å². The van der Waals surface area contributed by atoms with E-state index < -0.39 is 0 Å². The number of anilines is 2. The molecule has 0 saturated heterocycles. The van der Waals surface area contributed by atoms with Crippen LogP contribution in [0.25, 0.3) is 11.3 Å². The molecule has 0 radical (unpaired) electrons. The van der Waals surface area contributed by atoms with Gasteiger partial charge < -0.3 is 10.2 Å². The second kappa shape index (κ2) is 7.27. The van der Waals surface area contributed by atoms with E-state index in [1.165, 1.54) is 28.2 Å². The molecule has 2 amide bonds. The van der Waals surface area contributed by atoms with Crippen molar-refractivity contribution in [3.63, 3.8) is 0 Å². The average Bonchev–Trinajstić information content (AvgIpc) is 3.19. The number of hydrogen-bond donors (Lipinski definition) is 1. The molecule has 2 aromatic carbocycles. The van der Waals surface area contributed by atoms with Gasteiger partial charge in [-0.25, -0.2) is 0 Å². The van der Waals surface area contributed by atoms with E-state index in [1.807, 2.05) is 53.9 Å². The summed E-state index contributed by atoms with van der Waals surface area (Å²) in [7, 11) is 0. The monoisotopic (exact) mass is 382 g/mol. The molecule has 0 fully saturated rings. The number of para-hydroxylation sites is 1. The number of benzene rings is 2. The number of nitrogens with one attached hydrogen (secondary N) is 1. The molecule has 6 nitrogen and oxygen atoms in total. The van der Waals surface area contributed by atoms with Crippen molar-refractivity contribution in [2.75, 3.05) is 22.5 Å². The van der Waals surface area contributed by atoms with Crippen molar-refractivity contribution in [1.29, 1.82) is 0 Å². The summed E-state index contributed by atoms with van der Waals surface area (Å²) < 4.78 is 3.84. The maximum absolute atomic E-state index is 12.4. The van der Waals surface area contributed by atoms with Gasteiger partial charge in [-0.05, 0) is 35.8 Å². The highest BCUT2D eigenvalue weighted by molar-refractivity contribution is 8.00. The third-order valence-electron chi connectivity index (χ3n) is 3.93. The molecule has 0 bridgehead atoms. The molecule has 26 heavy (non-hydrogen) atoms. The summed E-state index contributed by atoms with van der Waals surface area (Å²) in [6.07, 6.45) is 0. The first-order valence-electron chi connectivity index (χ1n) is 7.90. The first-order valence-corrected chi connectivity index (χ1v) is 9.72. The normalized spacial score (nSPS) is 13.4. The Morgan fingerprint density at radius 3 is 2.73 bits per heavy atom. The van der Waals surface area contributed by atoms with Gasteiger partial charge in [-0.15, -0.1) is 16.9 Å². The topological polar surface area (TPSA) is 75.2 Å². The Labute approximate surface area is 158 Å². The number of thioether (sulfide) groups is 1. The van der Waals surface area contributed by atoms with Crippen molar-refractivity contribution in [1.82, 2.24) is 9.59 Å². The lowest BCUT2D eigenvalue weighted by atomic mass is 10.1. The van der Waals surface area contributed by atoms with Crippen LogP contribution >= 0.6 is 23.3 Å². The zero-order valence-electron chi connectivity index (χ0n) is 13.6. The van der Waals surface area contributed by atoms with Crippen LogP contribution in [0, 0.1) is 0 Å². The molecule has 4 rings (SSSR count). The fourth-order valence-corrected chi connectivity index (χ4v) is 4.09. The number of nitrogens with zero attached hydrogens (tertiary/aromatic N) is 3. The first-order chi connectivity index (χ1) is 12.7. The third kappa shape index (κ3) is 3.47. The lowest BCUT2D eigenvalue weighted by Crippen LogP contribution is -2.41. The largest absolute Gasteiger partial charge is 0.325 e. The number of rotatable bonds is 4. The van der Waals surface area contributed by atoms with Gasteiger partial charge in [0.05, 0.1) is 11.4 Å². The predicted molar refractivity (Wildman–Crippen MR) is 103 cm³/mol. The van der Waals surface area contributed by atoms with E-state index in [1.54, 1.807) is 0 Å². The van der Waals surface area contributed by atoms with Gasteiger partial charge in [-0.2, -0.15) is 0 Å². The highest BCUT2D eigenvalue weighted by Crippen LogP contribution is 2.34. The minimum atomic E-state index is -0.233. The van der Waals surface area contributed by atoms with Gasteiger partial charge in [-0.1, -0.05) is 28.8 Å². The zero-order valence-corrected chi connectivity index (χ0v) is 15.2. The van der Waals surface area contributed by atoms with E-state index in [9.17, 15) is 9.59 Å². The van der Waals surface area contributed by atoms with Gasteiger partial charge in [-0.3, -0.25) is 9.59 Å². The van der Waals surface area contributed by atoms with Gasteiger partial charge in [0, 0.05) is 21.5 Å². The van der Waals surface area contributed by atoms with Gasteiger partial charge in [0.1, 0.15) is 12.2 Å². The van der Waals surface area contributed by atoms with Crippen LogP contribution in [0.15, 0.2) is 58.8 Å². The number of carbonyl (C=O) groups is 2. The van der Waals surface area contributed by atoms with Crippen LogP contribution in [0.2, 0.25) is 0 Å². The summed E-state index contributed by atoms with van der Waals surface area (Å²) >= 11 is 2.79. The smallest absolute Gasteiger partial charge is 0.244 e. The molecule has 0 unspecified atom stereocenters. The molecular weight excluding hydrogens is 368 g/mol. The molecule has 0 saturated carbocycles. The van der Waals surface area contributed by atoms with E-state index >= 15 is 0 Å². The summed E-state index contributed by atoms with van der Waals surface area (Å²) in [6.45, 7) is -0.00579. The first kappa shape index (κ1) is 16.7. The zero-order chi connectivity index (χ0) is 17.9. The third-order valence-corrected chi connectivity index (χ3v) is 5.49. The average molecular weight is 382 g/mol. The molecule has 1 aliphatic rings. The molecule has 0 atom stereocenters. The van der Waals surface area contributed by atoms with Crippen LogP contribution in [0.1, 0.15) is 0 Å². The van der Waals surface area contributed by atoms with E-state index in [4.69, 9.17) is 0 Å². The Morgan fingerprint density at radius 2 is 1.96 bits per heavy atom. The Morgan fingerprint density at radius 1 is 1.15 bits per heavy atom. The summed E-state index contributed by atoms with van der Waals surface area (Å²) in [5, 5.41) is 8.73. The molecule has 1 N–H and O–H groups in total. The maximum atomic E-state index is 12.4. The van der Waals surface area contributed by atoms with E-state index in [0.29, 0.717) is 11.4 Å². The van der Waals surface area contributed by atoms with Crippen molar-refractivity contribution in [2.24, 2.45) is 0 Å².